The average molecular weight is 416 g/mol. The predicted octanol–water partition coefficient (Wildman–Crippen LogP) is 0.890. The number of halogens is 3. The van der Waals surface area contributed by atoms with E-state index in [1.54, 1.807) is 6.07 Å². The smallest absolute Gasteiger partial charge is 0.337 e. The molecule has 2 aromatic heterocycles. The lowest BCUT2D eigenvalue weighted by molar-refractivity contribution is 0.0942. The van der Waals surface area contributed by atoms with Crippen LogP contribution >= 0.6 is 11.5 Å². The molecule has 12 heteroatoms. The van der Waals surface area contributed by atoms with E-state index in [0.29, 0.717) is 20.7 Å². The predicted molar refractivity (Wildman–Crippen MR) is 96.9 cm³/mol. The molecule has 0 fully saturated rings. The number of hydrogen-bond acceptors (Lipinski definition) is 6. The van der Waals surface area contributed by atoms with Crippen LogP contribution in [0, 0.1) is 5.95 Å². The maximum Gasteiger partial charge on any atom is 0.337 e. The van der Waals surface area contributed by atoms with Crippen LogP contribution < -0.4 is 16.6 Å². The van der Waals surface area contributed by atoms with Crippen LogP contribution in [-0.2, 0) is 7.05 Å². The van der Waals surface area contributed by atoms with E-state index in [1.807, 2.05) is 0 Å². The van der Waals surface area contributed by atoms with Crippen molar-refractivity contribution < 1.29 is 23.1 Å². The van der Waals surface area contributed by atoms with Gasteiger partial charge in [0.2, 0.25) is 12.9 Å². The van der Waals surface area contributed by atoms with Crippen molar-refractivity contribution in [2.75, 3.05) is 20.1 Å². The SMILES string of the molecule is Cn1c(F)cc(=O)n(-c2ccc3snc(C(=O)NCCO)c3c2)c1=O.FCF. The van der Waals surface area contributed by atoms with Crippen molar-refractivity contribution in [3.8, 4) is 5.69 Å². The Morgan fingerprint density at radius 3 is 2.61 bits per heavy atom. The summed E-state index contributed by atoms with van der Waals surface area (Å²) in [7, 11) is 1.21. The molecule has 8 nitrogen and oxygen atoms in total. The zero-order valence-corrected chi connectivity index (χ0v) is 15.3. The van der Waals surface area contributed by atoms with Crippen molar-refractivity contribution in [3.05, 3.63) is 56.7 Å². The number of carbonyl (C=O) groups excluding carboxylic acids is 1. The van der Waals surface area contributed by atoms with E-state index in [1.165, 1.54) is 19.2 Å². The molecule has 0 atom stereocenters. The number of amides is 1. The summed E-state index contributed by atoms with van der Waals surface area (Å²) in [6.07, 6.45) is 0. The molecular formula is C16H15F3N4O4S. The van der Waals surface area contributed by atoms with E-state index in [-0.39, 0.29) is 24.5 Å². The number of rotatable bonds is 4. The average Bonchev–Trinajstić information content (AvgIpc) is 3.08. The summed E-state index contributed by atoms with van der Waals surface area (Å²) in [5, 5.41) is 11.7. The summed E-state index contributed by atoms with van der Waals surface area (Å²) in [5.41, 5.74) is -1.31. The Morgan fingerprint density at radius 1 is 1.29 bits per heavy atom. The summed E-state index contributed by atoms with van der Waals surface area (Å²) in [6, 6.07) is 5.34. The second kappa shape index (κ2) is 9.28. The van der Waals surface area contributed by atoms with Gasteiger partial charge in [0.1, 0.15) is 5.69 Å². The van der Waals surface area contributed by atoms with Gasteiger partial charge in [0, 0.05) is 19.0 Å². The van der Waals surface area contributed by atoms with Crippen LogP contribution in [0.1, 0.15) is 10.5 Å². The number of aromatic nitrogens is 3. The number of nitrogens with one attached hydrogen (secondary N) is 1. The van der Waals surface area contributed by atoms with Gasteiger partial charge in [0.15, 0.2) is 0 Å². The lowest BCUT2D eigenvalue weighted by atomic mass is 10.2. The Bertz CT molecular complexity index is 1110. The van der Waals surface area contributed by atoms with Gasteiger partial charge >= 0.3 is 5.69 Å². The third kappa shape index (κ3) is 4.28. The number of alkyl halides is 2. The molecule has 1 aromatic carbocycles. The van der Waals surface area contributed by atoms with E-state index in [9.17, 15) is 27.6 Å². The van der Waals surface area contributed by atoms with Gasteiger partial charge in [-0.3, -0.25) is 14.2 Å². The summed E-state index contributed by atoms with van der Waals surface area (Å²) in [4.78, 5) is 36.3. The second-order valence-corrected chi connectivity index (χ2v) is 6.08. The molecule has 3 rings (SSSR count). The van der Waals surface area contributed by atoms with Gasteiger partial charge in [-0.1, -0.05) is 0 Å². The number of nitrogens with zero attached hydrogens (tertiary/aromatic N) is 3. The minimum Gasteiger partial charge on any atom is -0.395 e. The van der Waals surface area contributed by atoms with Crippen LogP contribution in [0.4, 0.5) is 13.2 Å². The summed E-state index contributed by atoms with van der Waals surface area (Å²) in [5.74, 6) is -1.41. The Morgan fingerprint density at radius 2 is 1.96 bits per heavy atom. The lowest BCUT2D eigenvalue weighted by Crippen LogP contribution is -2.38. The van der Waals surface area contributed by atoms with E-state index >= 15 is 0 Å². The van der Waals surface area contributed by atoms with Gasteiger partial charge < -0.3 is 10.4 Å². The molecule has 0 spiro atoms. The summed E-state index contributed by atoms with van der Waals surface area (Å²) >= 11 is 1.09. The third-order valence-electron chi connectivity index (χ3n) is 3.59. The highest BCUT2D eigenvalue weighted by Gasteiger charge is 2.16. The second-order valence-electron chi connectivity index (χ2n) is 5.27. The van der Waals surface area contributed by atoms with E-state index in [2.05, 4.69) is 9.69 Å². The minimum atomic E-state index is -1.75. The molecular weight excluding hydrogens is 401 g/mol. The molecule has 2 N–H and O–H groups in total. The minimum absolute atomic E-state index is 0.0789. The topological polar surface area (TPSA) is 106 Å². The Hall–Kier alpha value is -2.99. The van der Waals surface area contributed by atoms with Crippen molar-refractivity contribution in [2.45, 2.75) is 0 Å². The number of benzene rings is 1. The number of fused-ring (bicyclic) bond motifs is 1. The van der Waals surface area contributed by atoms with Crippen molar-refractivity contribution in [1.82, 2.24) is 18.8 Å². The normalized spacial score (nSPS) is 10.5. The summed E-state index contributed by atoms with van der Waals surface area (Å²) in [6.45, 7) is -1.88. The molecule has 3 aromatic rings. The van der Waals surface area contributed by atoms with Gasteiger partial charge in [-0.05, 0) is 29.7 Å². The third-order valence-corrected chi connectivity index (χ3v) is 4.41. The van der Waals surface area contributed by atoms with Crippen molar-refractivity contribution in [3.63, 3.8) is 0 Å². The van der Waals surface area contributed by atoms with Crippen molar-refractivity contribution >= 4 is 27.5 Å². The highest BCUT2D eigenvalue weighted by molar-refractivity contribution is 7.13. The molecule has 0 radical (unpaired) electrons. The first kappa shape index (κ1) is 21.3. The van der Waals surface area contributed by atoms with Crippen LogP contribution in [0.2, 0.25) is 0 Å². The fourth-order valence-electron chi connectivity index (χ4n) is 2.32. The quantitative estimate of drug-likeness (QED) is 0.615. The fraction of sp³-hybridized carbons (Fsp3) is 0.250. The molecule has 28 heavy (non-hydrogen) atoms. The maximum absolute atomic E-state index is 13.5. The van der Waals surface area contributed by atoms with Crippen LogP contribution in [0.5, 0.6) is 0 Å². The molecule has 0 aliphatic rings. The molecule has 0 unspecified atom stereocenters. The zero-order chi connectivity index (χ0) is 20.8. The molecule has 0 saturated carbocycles. The van der Waals surface area contributed by atoms with Crippen LogP contribution in [0.3, 0.4) is 0 Å². The molecule has 1 amide bonds. The maximum atomic E-state index is 13.5. The molecule has 0 bridgehead atoms. The first-order chi connectivity index (χ1) is 13.3. The fourth-order valence-corrected chi connectivity index (χ4v) is 3.07. The summed E-state index contributed by atoms with van der Waals surface area (Å²) < 4.78 is 39.0. The Kier molecular flexibility index (Phi) is 7.06. The highest BCUT2D eigenvalue weighted by atomic mass is 32.1. The van der Waals surface area contributed by atoms with E-state index in [4.69, 9.17) is 5.11 Å². The number of aliphatic hydroxyl groups is 1. The lowest BCUT2D eigenvalue weighted by Gasteiger charge is -2.08. The Labute approximate surface area is 159 Å². The monoisotopic (exact) mass is 416 g/mol. The van der Waals surface area contributed by atoms with Crippen LogP contribution in [0.25, 0.3) is 15.8 Å². The van der Waals surface area contributed by atoms with Crippen molar-refractivity contribution in [1.29, 1.82) is 0 Å². The molecule has 0 aliphatic heterocycles. The highest BCUT2D eigenvalue weighted by Crippen LogP contribution is 2.24. The first-order valence-corrected chi connectivity index (χ1v) is 8.52. The molecule has 2 heterocycles. The number of carbonyl (C=O) groups is 1. The van der Waals surface area contributed by atoms with E-state index < -0.39 is 30.0 Å². The molecule has 150 valence electrons. The molecule has 0 aliphatic carbocycles. The van der Waals surface area contributed by atoms with Crippen LogP contribution in [-0.4, -0.2) is 44.6 Å². The Balaban J connectivity index is 0.000000878. The van der Waals surface area contributed by atoms with Crippen LogP contribution in [0.15, 0.2) is 33.9 Å². The standard InChI is InChI=1S/C15H13FN4O4S.CH2F2/c1-19-11(16)7-12(22)20(15(19)24)8-2-3-10-9(6-8)13(18-25-10)14(23)17-4-5-21;2-1-3/h2-3,6-7,21H,4-5H2,1H3,(H,17,23);1H2. The van der Waals surface area contributed by atoms with Gasteiger partial charge in [0.05, 0.1) is 23.1 Å². The first-order valence-electron chi connectivity index (χ1n) is 7.75. The van der Waals surface area contributed by atoms with Gasteiger partial charge in [-0.2, -0.15) is 8.76 Å². The largest absolute Gasteiger partial charge is 0.395 e. The van der Waals surface area contributed by atoms with Gasteiger partial charge in [-0.15, -0.1) is 0 Å². The number of aliphatic hydroxyl groups excluding tert-OH is 1. The van der Waals surface area contributed by atoms with E-state index in [0.717, 1.165) is 16.1 Å². The van der Waals surface area contributed by atoms with Gasteiger partial charge in [-0.25, -0.2) is 18.1 Å². The zero-order valence-electron chi connectivity index (χ0n) is 14.5. The molecule has 0 saturated heterocycles. The van der Waals surface area contributed by atoms with Crippen molar-refractivity contribution in [2.24, 2.45) is 7.05 Å². The number of hydrogen-bond donors (Lipinski definition) is 2. The van der Waals surface area contributed by atoms with Gasteiger partial charge in [0.25, 0.3) is 11.5 Å².